The van der Waals surface area contributed by atoms with Crippen LogP contribution in [-0.4, -0.2) is 34.2 Å². The largest absolute Gasteiger partial charge is 0.354 e. The molecular weight excluding hydrogens is 244 g/mol. The Labute approximate surface area is 103 Å². The minimum Gasteiger partial charge on any atom is -0.354 e. The Morgan fingerprint density at radius 3 is 3.06 bits per heavy atom. The molecule has 2 N–H and O–H groups in total. The molecule has 1 aliphatic rings. The number of nitrogens with zero attached hydrogens (tertiary/aromatic N) is 2. The molecular formula is C10H13ClN4O2. The number of amides is 2. The number of aromatic nitrogens is 2. The number of carbonyl (C=O) groups excluding carboxylic acids is 2. The number of carbonyl (C=O) groups is 2. The van der Waals surface area contributed by atoms with Gasteiger partial charge in [-0.05, 0) is 13.3 Å². The number of halogens is 1. The fourth-order valence-electron chi connectivity index (χ4n) is 1.69. The van der Waals surface area contributed by atoms with Gasteiger partial charge in [-0.3, -0.25) is 14.3 Å². The van der Waals surface area contributed by atoms with E-state index >= 15 is 0 Å². The molecule has 0 spiro atoms. The first kappa shape index (κ1) is 11.9. The van der Waals surface area contributed by atoms with E-state index in [1.165, 1.54) is 4.68 Å². The third-order valence-electron chi connectivity index (χ3n) is 2.58. The zero-order valence-corrected chi connectivity index (χ0v) is 10.1. The van der Waals surface area contributed by atoms with Crippen molar-refractivity contribution < 1.29 is 9.59 Å². The van der Waals surface area contributed by atoms with Gasteiger partial charge in [0.25, 0.3) is 0 Å². The third-order valence-corrected chi connectivity index (χ3v) is 2.95. The minimum absolute atomic E-state index is 0.0668. The zero-order chi connectivity index (χ0) is 12.4. The van der Waals surface area contributed by atoms with Crippen LogP contribution in [0.1, 0.15) is 12.1 Å². The molecule has 1 fully saturated rings. The van der Waals surface area contributed by atoms with Crippen LogP contribution in [0.25, 0.3) is 0 Å². The predicted molar refractivity (Wildman–Crippen MR) is 61.5 cm³/mol. The second-order valence-corrected chi connectivity index (χ2v) is 4.37. The third kappa shape index (κ3) is 2.76. The van der Waals surface area contributed by atoms with Gasteiger partial charge in [-0.2, -0.15) is 5.10 Å². The molecule has 1 aromatic heterocycles. The number of rotatable bonds is 3. The Balaban J connectivity index is 1.91. The normalized spacial score (nSPS) is 19.2. The summed E-state index contributed by atoms with van der Waals surface area (Å²) in [6.07, 6.45) is 2.22. The fourth-order valence-corrected chi connectivity index (χ4v) is 1.84. The topological polar surface area (TPSA) is 76.0 Å². The van der Waals surface area contributed by atoms with Crippen LogP contribution in [0.15, 0.2) is 6.20 Å². The maximum Gasteiger partial charge on any atom is 0.242 e. The van der Waals surface area contributed by atoms with Gasteiger partial charge in [-0.15, -0.1) is 0 Å². The molecule has 2 amide bonds. The van der Waals surface area contributed by atoms with E-state index in [0.717, 1.165) is 0 Å². The van der Waals surface area contributed by atoms with Gasteiger partial charge in [0, 0.05) is 12.7 Å². The summed E-state index contributed by atoms with van der Waals surface area (Å²) in [5.41, 5.74) is 0.679. The second-order valence-electron chi connectivity index (χ2n) is 3.96. The quantitative estimate of drug-likeness (QED) is 0.790. The zero-order valence-electron chi connectivity index (χ0n) is 9.36. The molecule has 7 heteroatoms. The lowest BCUT2D eigenvalue weighted by Gasteiger charge is -2.09. The summed E-state index contributed by atoms with van der Waals surface area (Å²) in [4.78, 5) is 22.9. The molecule has 0 radical (unpaired) electrons. The molecule has 1 saturated heterocycles. The highest BCUT2D eigenvalue weighted by Crippen LogP contribution is 2.11. The van der Waals surface area contributed by atoms with Crippen molar-refractivity contribution in [3.63, 3.8) is 0 Å². The lowest BCUT2D eigenvalue weighted by atomic mass is 10.2. The monoisotopic (exact) mass is 256 g/mol. The van der Waals surface area contributed by atoms with E-state index in [2.05, 4.69) is 15.7 Å². The average Bonchev–Trinajstić information content (AvgIpc) is 2.76. The minimum atomic E-state index is -0.422. The first-order valence-electron chi connectivity index (χ1n) is 5.33. The van der Waals surface area contributed by atoms with Gasteiger partial charge in [0.2, 0.25) is 11.8 Å². The van der Waals surface area contributed by atoms with E-state index in [0.29, 0.717) is 23.7 Å². The second kappa shape index (κ2) is 4.75. The highest BCUT2D eigenvalue weighted by atomic mass is 35.5. The maximum atomic E-state index is 11.6. The molecule has 0 aliphatic carbocycles. The molecule has 2 rings (SSSR count). The van der Waals surface area contributed by atoms with Crippen LogP contribution in [0.4, 0.5) is 0 Å². The lowest BCUT2D eigenvalue weighted by Crippen LogP contribution is -2.41. The van der Waals surface area contributed by atoms with Crippen molar-refractivity contribution in [1.29, 1.82) is 0 Å². The standard InChI is InChI=1S/C10H13ClN4O2/c1-6-7(11)4-15(14-6)5-9(16)13-8-2-3-12-10(8)17/h4,8H,2-3,5H2,1H3,(H,12,17)(H,13,16)/t8-/m0/s1. The summed E-state index contributed by atoms with van der Waals surface area (Å²) in [6.45, 7) is 2.44. The molecule has 17 heavy (non-hydrogen) atoms. The van der Waals surface area contributed by atoms with Crippen molar-refractivity contribution in [3.8, 4) is 0 Å². The first-order valence-corrected chi connectivity index (χ1v) is 5.70. The van der Waals surface area contributed by atoms with Crippen LogP contribution in [0.5, 0.6) is 0 Å². The molecule has 1 aromatic rings. The Hall–Kier alpha value is -1.56. The van der Waals surface area contributed by atoms with Gasteiger partial charge in [0.1, 0.15) is 12.6 Å². The molecule has 2 heterocycles. The Kier molecular flexibility index (Phi) is 3.33. The predicted octanol–water partition coefficient (Wildman–Crippen LogP) is -0.150. The Morgan fingerprint density at radius 1 is 1.76 bits per heavy atom. The van der Waals surface area contributed by atoms with Crippen LogP contribution in [0.3, 0.4) is 0 Å². The fraction of sp³-hybridized carbons (Fsp3) is 0.500. The van der Waals surface area contributed by atoms with Crippen molar-refractivity contribution >= 4 is 23.4 Å². The summed E-state index contributed by atoms with van der Waals surface area (Å²) >= 11 is 5.83. The van der Waals surface area contributed by atoms with E-state index in [9.17, 15) is 9.59 Å². The summed E-state index contributed by atoms with van der Waals surface area (Å²) in [5, 5.41) is 9.90. The highest BCUT2D eigenvalue weighted by Gasteiger charge is 2.25. The summed E-state index contributed by atoms with van der Waals surface area (Å²) < 4.78 is 1.46. The number of hydrogen-bond donors (Lipinski definition) is 2. The maximum absolute atomic E-state index is 11.6. The van der Waals surface area contributed by atoms with E-state index in [1.54, 1.807) is 13.1 Å². The SMILES string of the molecule is Cc1nn(CC(=O)N[C@H]2CCNC2=O)cc1Cl. The van der Waals surface area contributed by atoms with Crippen LogP contribution in [-0.2, 0) is 16.1 Å². The van der Waals surface area contributed by atoms with Gasteiger partial charge in [-0.1, -0.05) is 11.6 Å². The summed E-state index contributed by atoms with van der Waals surface area (Å²) in [6, 6.07) is -0.422. The molecule has 0 aromatic carbocycles. The molecule has 0 saturated carbocycles. The Morgan fingerprint density at radius 2 is 2.53 bits per heavy atom. The number of aryl methyl sites for hydroxylation is 1. The molecule has 1 atom stereocenters. The lowest BCUT2D eigenvalue weighted by molar-refractivity contribution is -0.127. The van der Waals surface area contributed by atoms with Crippen LogP contribution >= 0.6 is 11.6 Å². The van der Waals surface area contributed by atoms with Crippen molar-refractivity contribution in [1.82, 2.24) is 20.4 Å². The molecule has 0 bridgehead atoms. The smallest absolute Gasteiger partial charge is 0.242 e. The summed E-state index contributed by atoms with van der Waals surface area (Å²) in [5.74, 6) is -0.376. The van der Waals surface area contributed by atoms with Crippen LogP contribution in [0.2, 0.25) is 5.02 Å². The summed E-state index contributed by atoms with van der Waals surface area (Å²) in [7, 11) is 0. The van der Waals surface area contributed by atoms with E-state index in [4.69, 9.17) is 11.6 Å². The number of hydrogen-bond acceptors (Lipinski definition) is 3. The van der Waals surface area contributed by atoms with Crippen molar-refractivity contribution in [2.75, 3.05) is 6.54 Å². The van der Waals surface area contributed by atoms with Crippen LogP contribution < -0.4 is 10.6 Å². The van der Waals surface area contributed by atoms with Gasteiger partial charge in [-0.25, -0.2) is 0 Å². The molecule has 1 aliphatic heterocycles. The van der Waals surface area contributed by atoms with E-state index < -0.39 is 6.04 Å². The van der Waals surface area contributed by atoms with E-state index in [1.807, 2.05) is 0 Å². The van der Waals surface area contributed by atoms with Gasteiger partial charge < -0.3 is 10.6 Å². The molecule has 6 nitrogen and oxygen atoms in total. The highest BCUT2D eigenvalue weighted by molar-refractivity contribution is 6.31. The van der Waals surface area contributed by atoms with Crippen molar-refractivity contribution in [3.05, 3.63) is 16.9 Å². The van der Waals surface area contributed by atoms with Crippen molar-refractivity contribution in [2.24, 2.45) is 0 Å². The average molecular weight is 257 g/mol. The Bertz CT molecular complexity index is 438. The first-order chi connectivity index (χ1) is 8.06. The molecule has 0 unspecified atom stereocenters. The number of nitrogens with one attached hydrogen (secondary N) is 2. The van der Waals surface area contributed by atoms with Gasteiger partial charge >= 0.3 is 0 Å². The van der Waals surface area contributed by atoms with Crippen LogP contribution in [0, 0.1) is 6.92 Å². The molecule has 92 valence electrons. The van der Waals surface area contributed by atoms with Crippen molar-refractivity contribution in [2.45, 2.75) is 25.9 Å². The van der Waals surface area contributed by atoms with Gasteiger partial charge in [0.15, 0.2) is 0 Å². The van der Waals surface area contributed by atoms with E-state index in [-0.39, 0.29) is 18.4 Å². The van der Waals surface area contributed by atoms with Gasteiger partial charge in [0.05, 0.1) is 10.7 Å².